The molecule has 6 nitrogen and oxygen atoms in total. The van der Waals surface area contributed by atoms with E-state index in [4.69, 9.17) is 4.74 Å². The molecule has 1 aromatic rings. The number of benzene rings is 1. The van der Waals surface area contributed by atoms with Gasteiger partial charge in [0.25, 0.3) is 0 Å². The third-order valence-electron chi connectivity index (χ3n) is 5.50. The van der Waals surface area contributed by atoms with Crippen molar-refractivity contribution in [2.75, 3.05) is 44.8 Å². The number of halogens is 1. The molecule has 0 atom stereocenters. The van der Waals surface area contributed by atoms with E-state index in [9.17, 15) is 9.59 Å². The first kappa shape index (κ1) is 21.7. The molecule has 1 aromatic carbocycles. The number of hydrogen-bond donors (Lipinski definition) is 2. The maximum Gasteiger partial charge on any atom is 0.228 e. The summed E-state index contributed by atoms with van der Waals surface area (Å²) in [5.41, 5.74) is 1.84. The third-order valence-corrected chi connectivity index (χ3v) is 5.50. The van der Waals surface area contributed by atoms with Crippen LogP contribution in [0.1, 0.15) is 31.2 Å². The largest absolute Gasteiger partial charge is 0.384 e. The van der Waals surface area contributed by atoms with E-state index in [0.717, 1.165) is 44.6 Å². The zero-order chi connectivity index (χ0) is 18.4. The molecule has 0 radical (unpaired) electrons. The Morgan fingerprint density at radius 1 is 1.26 bits per heavy atom. The number of methoxy groups -OCH3 is 1. The van der Waals surface area contributed by atoms with Gasteiger partial charge in [0, 0.05) is 32.3 Å². The highest BCUT2D eigenvalue weighted by Crippen LogP contribution is 2.30. The van der Waals surface area contributed by atoms with Gasteiger partial charge in [-0.15, -0.1) is 12.4 Å². The van der Waals surface area contributed by atoms with Crippen LogP contribution in [-0.4, -0.2) is 51.7 Å². The van der Waals surface area contributed by atoms with Crippen molar-refractivity contribution >= 4 is 29.9 Å². The molecular weight excluding hydrogens is 366 g/mol. The topological polar surface area (TPSA) is 70.7 Å². The van der Waals surface area contributed by atoms with Gasteiger partial charge in [0.15, 0.2) is 0 Å². The Labute approximate surface area is 167 Å². The molecule has 0 aliphatic carbocycles. The van der Waals surface area contributed by atoms with Crippen LogP contribution < -0.4 is 15.5 Å². The van der Waals surface area contributed by atoms with E-state index in [1.54, 1.807) is 7.11 Å². The van der Waals surface area contributed by atoms with Crippen molar-refractivity contribution in [3.63, 3.8) is 0 Å². The van der Waals surface area contributed by atoms with Gasteiger partial charge in [0.1, 0.15) is 0 Å². The van der Waals surface area contributed by atoms with E-state index in [-0.39, 0.29) is 24.2 Å². The number of amides is 2. The number of fused-ring (bicyclic) bond motifs is 1. The first-order valence-corrected chi connectivity index (χ1v) is 9.52. The lowest BCUT2D eigenvalue weighted by Gasteiger charge is -2.35. The van der Waals surface area contributed by atoms with Crippen molar-refractivity contribution in [3.05, 3.63) is 29.8 Å². The Hall–Kier alpha value is -1.63. The quantitative estimate of drug-likeness (QED) is 0.692. The predicted molar refractivity (Wildman–Crippen MR) is 108 cm³/mol. The smallest absolute Gasteiger partial charge is 0.228 e. The van der Waals surface area contributed by atoms with Gasteiger partial charge in [0.05, 0.1) is 12.0 Å². The minimum atomic E-state index is -0.433. The number of rotatable bonds is 7. The number of piperidine rings is 1. The van der Waals surface area contributed by atoms with Gasteiger partial charge in [-0.1, -0.05) is 18.2 Å². The number of hydrogen-bond acceptors (Lipinski definition) is 4. The Balaban J connectivity index is 0.00000261. The maximum atomic E-state index is 12.7. The molecule has 27 heavy (non-hydrogen) atoms. The minimum absolute atomic E-state index is 0. The van der Waals surface area contributed by atoms with Crippen molar-refractivity contribution in [3.8, 4) is 0 Å². The number of nitrogens with zero attached hydrogens (tertiary/aromatic N) is 1. The van der Waals surface area contributed by atoms with Crippen molar-refractivity contribution in [2.24, 2.45) is 5.41 Å². The molecule has 2 aliphatic heterocycles. The van der Waals surface area contributed by atoms with Crippen molar-refractivity contribution in [1.82, 2.24) is 10.6 Å². The third kappa shape index (κ3) is 5.00. The summed E-state index contributed by atoms with van der Waals surface area (Å²) in [6.07, 6.45) is 3.61. The van der Waals surface area contributed by atoms with Crippen molar-refractivity contribution in [2.45, 2.75) is 32.1 Å². The molecule has 1 saturated heterocycles. The van der Waals surface area contributed by atoms with Crippen molar-refractivity contribution < 1.29 is 14.3 Å². The van der Waals surface area contributed by atoms with Crippen LogP contribution in [0.3, 0.4) is 0 Å². The molecule has 2 aliphatic rings. The van der Waals surface area contributed by atoms with Gasteiger partial charge in [-0.05, 0) is 50.4 Å². The lowest BCUT2D eigenvalue weighted by atomic mass is 9.78. The van der Waals surface area contributed by atoms with Crippen LogP contribution in [0, 0.1) is 5.41 Å². The summed E-state index contributed by atoms with van der Waals surface area (Å²) in [6, 6.07) is 8.07. The van der Waals surface area contributed by atoms with E-state index in [0.29, 0.717) is 26.0 Å². The van der Waals surface area contributed by atoms with E-state index >= 15 is 0 Å². The number of carbonyl (C=O) groups excluding carboxylic acids is 2. The molecule has 2 amide bonds. The zero-order valence-electron chi connectivity index (χ0n) is 16.0. The number of anilines is 1. The highest BCUT2D eigenvalue weighted by Gasteiger charge is 2.39. The van der Waals surface area contributed by atoms with Crippen molar-refractivity contribution in [1.29, 1.82) is 0 Å². The molecule has 150 valence electrons. The highest BCUT2D eigenvalue weighted by molar-refractivity contribution is 5.95. The van der Waals surface area contributed by atoms with E-state index in [1.807, 2.05) is 23.1 Å². The zero-order valence-corrected chi connectivity index (χ0v) is 16.8. The Morgan fingerprint density at radius 2 is 2.00 bits per heavy atom. The normalized spacial score (nSPS) is 17.7. The summed E-state index contributed by atoms with van der Waals surface area (Å²) in [4.78, 5) is 27.0. The lowest BCUT2D eigenvalue weighted by molar-refractivity contribution is -0.136. The number of nitrogens with one attached hydrogen (secondary N) is 2. The molecule has 0 unspecified atom stereocenters. The van der Waals surface area contributed by atoms with E-state index in [2.05, 4.69) is 16.7 Å². The molecular formula is C20H30ClN3O3. The van der Waals surface area contributed by atoms with Gasteiger partial charge in [-0.2, -0.15) is 0 Å². The average molecular weight is 396 g/mol. The maximum absolute atomic E-state index is 12.7. The summed E-state index contributed by atoms with van der Waals surface area (Å²) < 4.78 is 5.30. The predicted octanol–water partition coefficient (Wildman–Crippen LogP) is 1.91. The monoisotopic (exact) mass is 395 g/mol. The minimum Gasteiger partial charge on any atom is -0.384 e. The summed E-state index contributed by atoms with van der Waals surface area (Å²) in [5.74, 6) is 0.192. The summed E-state index contributed by atoms with van der Waals surface area (Å²) in [7, 11) is 1.64. The van der Waals surface area contributed by atoms with Crippen LogP contribution in [0.15, 0.2) is 24.3 Å². The molecule has 0 saturated carbocycles. The van der Waals surface area contributed by atoms with Crippen LogP contribution in [0.5, 0.6) is 0 Å². The number of ether oxygens (including phenoxy) is 1. The SMILES string of the molecule is COCC1(C(=O)NCCCC(=O)N2CCc3ccccc32)CCNCC1.Cl. The fourth-order valence-electron chi connectivity index (χ4n) is 3.98. The highest BCUT2D eigenvalue weighted by atomic mass is 35.5. The number of para-hydroxylation sites is 1. The molecule has 2 N–H and O–H groups in total. The average Bonchev–Trinajstić information content (AvgIpc) is 3.10. The Kier molecular flexibility index (Phi) is 8.07. The second kappa shape index (κ2) is 10.1. The first-order valence-electron chi connectivity index (χ1n) is 9.52. The first-order chi connectivity index (χ1) is 12.7. The molecule has 0 spiro atoms. The van der Waals surface area contributed by atoms with Crippen LogP contribution in [0.25, 0.3) is 0 Å². The second-order valence-corrected chi connectivity index (χ2v) is 7.25. The number of carbonyl (C=O) groups is 2. The van der Waals surface area contributed by atoms with Gasteiger partial charge in [0.2, 0.25) is 11.8 Å². The van der Waals surface area contributed by atoms with Gasteiger partial charge < -0.3 is 20.3 Å². The second-order valence-electron chi connectivity index (χ2n) is 7.25. The lowest BCUT2D eigenvalue weighted by Crippen LogP contribution is -2.50. The van der Waals surface area contributed by atoms with Crippen LogP contribution in [0.4, 0.5) is 5.69 Å². The summed E-state index contributed by atoms with van der Waals surface area (Å²) in [5, 5.41) is 6.31. The molecule has 0 bridgehead atoms. The molecule has 7 heteroatoms. The fourth-order valence-corrected chi connectivity index (χ4v) is 3.98. The van der Waals surface area contributed by atoms with Gasteiger partial charge in [-0.25, -0.2) is 0 Å². The molecule has 0 aromatic heterocycles. The van der Waals surface area contributed by atoms with E-state index in [1.165, 1.54) is 5.56 Å². The Morgan fingerprint density at radius 3 is 2.74 bits per heavy atom. The van der Waals surface area contributed by atoms with Crippen LogP contribution in [0.2, 0.25) is 0 Å². The summed E-state index contributed by atoms with van der Waals surface area (Å²) >= 11 is 0. The molecule has 3 rings (SSSR count). The summed E-state index contributed by atoms with van der Waals surface area (Å²) in [6.45, 7) is 3.41. The molecule has 2 heterocycles. The fraction of sp³-hybridized carbons (Fsp3) is 0.600. The van der Waals surface area contributed by atoms with Crippen LogP contribution in [-0.2, 0) is 20.7 Å². The van der Waals surface area contributed by atoms with Crippen LogP contribution >= 0.6 is 12.4 Å². The van der Waals surface area contributed by atoms with Gasteiger partial charge in [-0.3, -0.25) is 9.59 Å². The van der Waals surface area contributed by atoms with E-state index < -0.39 is 5.41 Å². The molecule has 1 fully saturated rings. The standard InChI is InChI=1S/C20H29N3O3.ClH/c1-26-15-20(9-12-21-13-10-20)19(25)22-11-4-7-18(24)23-14-8-16-5-2-3-6-17(16)23;/h2-3,5-6,21H,4,7-15H2,1H3,(H,22,25);1H. The van der Waals surface area contributed by atoms with Gasteiger partial charge >= 0.3 is 0 Å². The Bertz CT molecular complexity index is 642.